The molecule has 0 amide bonds. The first-order chi connectivity index (χ1) is 21.8. The van der Waals surface area contributed by atoms with Crippen molar-refractivity contribution in [2.75, 3.05) is 37.9 Å². The van der Waals surface area contributed by atoms with E-state index in [-0.39, 0.29) is 23.5 Å². The van der Waals surface area contributed by atoms with Crippen molar-refractivity contribution in [1.29, 1.82) is 0 Å². The summed E-state index contributed by atoms with van der Waals surface area (Å²) in [6.45, 7) is 0.746. The van der Waals surface area contributed by atoms with E-state index in [1.807, 2.05) is 0 Å². The number of tetrazole rings is 2. The van der Waals surface area contributed by atoms with Crippen LogP contribution in [0.15, 0.2) is 71.0 Å². The fourth-order valence-corrected chi connectivity index (χ4v) is 7.43. The average molecular weight is 659 g/mol. The Bertz CT molecular complexity index is 1630. The van der Waals surface area contributed by atoms with Crippen LogP contribution in [0.2, 0.25) is 0 Å². The second-order valence-electron chi connectivity index (χ2n) is 11.3. The van der Waals surface area contributed by atoms with Crippen molar-refractivity contribution in [3.63, 3.8) is 0 Å². The van der Waals surface area contributed by atoms with Crippen LogP contribution in [0, 0.1) is 11.8 Å². The largest absolute Gasteiger partial charge is 0.378 e. The summed E-state index contributed by atoms with van der Waals surface area (Å²) in [6.07, 6.45) is 2.07. The zero-order valence-corrected chi connectivity index (χ0v) is 26.0. The van der Waals surface area contributed by atoms with Crippen LogP contribution in [0.4, 0.5) is 0 Å². The monoisotopic (exact) mass is 658 g/mol. The standard InChI is InChI=1S/C28H34N8O7S2/c37-44(38,27-29-31-33-35(27)23-7-3-1-4-8-23)19-25(17-41-15-21-11-12-21)43-26(18-42-16-22-13-14-22)20-45(39,40)28-30-32-34-36(28)24-9-5-2-6-10-24/h1-10,21-22,25-26H,11-20H2/t25-,26-/m0/s1. The van der Waals surface area contributed by atoms with Gasteiger partial charge >= 0.3 is 0 Å². The van der Waals surface area contributed by atoms with E-state index < -0.39 is 43.4 Å². The maximum Gasteiger partial charge on any atom is 0.272 e. The first-order valence-electron chi connectivity index (χ1n) is 14.7. The molecule has 17 heteroatoms. The van der Waals surface area contributed by atoms with Crippen LogP contribution in [0.1, 0.15) is 25.7 Å². The molecule has 0 aliphatic heterocycles. The molecule has 15 nitrogen and oxygen atoms in total. The molecule has 2 fully saturated rings. The molecular formula is C28H34N8O7S2. The lowest BCUT2D eigenvalue weighted by atomic mass is 10.3. The van der Waals surface area contributed by atoms with Crippen LogP contribution in [0.25, 0.3) is 11.4 Å². The maximum atomic E-state index is 13.7. The Labute approximate surface area is 260 Å². The summed E-state index contributed by atoms with van der Waals surface area (Å²) in [7, 11) is -8.27. The second-order valence-corrected chi connectivity index (χ2v) is 15.2. The smallest absolute Gasteiger partial charge is 0.272 e. The molecule has 0 spiro atoms. The lowest BCUT2D eigenvalue weighted by Gasteiger charge is -2.25. The Morgan fingerprint density at radius 1 is 0.644 bits per heavy atom. The SMILES string of the molecule is O=S(=O)(C[C@H](COCC1CC1)O[C@@H](COCC1CC1)CS(=O)(=O)c1nnnn1-c1ccccc1)c1nnnn1-c1ccccc1. The summed E-state index contributed by atoms with van der Waals surface area (Å²) in [6, 6.07) is 17.3. The minimum absolute atomic E-state index is 0.0798. The van der Waals surface area contributed by atoms with Gasteiger partial charge in [-0.3, -0.25) is 0 Å². The molecule has 4 aromatic rings. The third-order valence-electron chi connectivity index (χ3n) is 7.34. The number of para-hydroxylation sites is 2. The number of nitrogens with zero attached hydrogens (tertiary/aromatic N) is 8. The molecule has 2 aliphatic carbocycles. The van der Waals surface area contributed by atoms with E-state index in [1.165, 1.54) is 0 Å². The minimum atomic E-state index is -4.13. The predicted molar refractivity (Wildman–Crippen MR) is 158 cm³/mol. The fraction of sp³-hybridized carbons (Fsp3) is 0.500. The number of benzene rings is 2. The molecule has 2 heterocycles. The lowest BCUT2D eigenvalue weighted by molar-refractivity contribution is -0.0699. The Kier molecular flexibility index (Phi) is 9.60. The lowest BCUT2D eigenvalue weighted by Crippen LogP contribution is -2.39. The van der Waals surface area contributed by atoms with Crippen LogP contribution in [0.3, 0.4) is 0 Å². The molecule has 2 aliphatic rings. The fourth-order valence-electron chi connectivity index (χ4n) is 4.67. The normalized spacial score (nSPS) is 16.9. The molecule has 2 atom stereocenters. The summed E-state index contributed by atoms with van der Waals surface area (Å²) < 4.78 is 75.0. The summed E-state index contributed by atoms with van der Waals surface area (Å²) >= 11 is 0. The Balaban J connectivity index is 1.23. The number of hydrogen-bond acceptors (Lipinski definition) is 13. The van der Waals surface area contributed by atoms with E-state index in [1.54, 1.807) is 60.7 Å². The van der Waals surface area contributed by atoms with Crippen LogP contribution in [0.5, 0.6) is 0 Å². The molecule has 2 saturated carbocycles. The Morgan fingerprint density at radius 3 is 1.42 bits per heavy atom. The molecule has 240 valence electrons. The zero-order valence-electron chi connectivity index (χ0n) is 24.4. The number of ether oxygens (including phenoxy) is 3. The molecule has 0 unspecified atom stereocenters. The minimum Gasteiger partial charge on any atom is -0.378 e. The molecule has 45 heavy (non-hydrogen) atoms. The van der Waals surface area contributed by atoms with Gasteiger partial charge < -0.3 is 14.2 Å². The Hall–Kier alpha value is -3.64. The molecule has 0 radical (unpaired) electrons. The van der Waals surface area contributed by atoms with E-state index in [9.17, 15) is 16.8 Å². The van der Waals surface area contributed by atoms with E-state index >= 15 is 0 Å². The average Bonchev–Trinajstić information content (AvgIpc) is 3.92. The molecule has 2 aromatic carbocycles. The first kappa shape index (κ1) is 31.3. The Morgan fingerprint density at radius 2 is 1.04 bits per heavy atom. The van der Waals surface area contributed by atoms with Crippen molar-refractivity contribution in [2.24, 2.45) is 11.8 Å². The first-order valence-corrected chi connectivity index (χ1v) is 18.0. The van der Waals surface area contributed by atoms with Crippen molar-refractivity contribution in [1.82, 2.24) is 40.4 Å². The van der Waals surface area contributed by atoms with Gasteiger partial charge in [0.2, 0.25) is 19.7 Å². The predicted octanol–water partition coefficient (Wildman–Crippen LogP) is 1.49. The third kappa shape index (κ3) is 8.35. The van der Waals surface area contributed by atoms with E-state index in [2.05, 4.69) is 31.1 Å². The summed E-state index contributed by atoms with van der Waals surface area (Å²) in [5, 5.41) is 21.8. The van der Waals surface area contributed by atoms with E-state index in [0.29, 0.717) is 36.4 Å². The van der Waals surface area contributed by atoms with Gasteiger partial charge in [-0.25, -0.2) is 16.8 Å². The topological polar surface area (TPSA) is 183 Å². The highest BCUT2D eigenvalue weighted by Gasteiger charge is 2.34. The van der Waals surface area contributed by atoms with Crippen LogP contribution < -0.4 is 0 Å². The van der Waals surface area contributed by atoms with Crippen molar-refractivity contribution in [3.8, 4) is 11.4 Å². The van der Waals surface area contributed by atoms with Gasteiger partial charge in [-0.05, 0) is 82.6 Å². The van der Waals surface area contributed by atoms with Crippen molar-refractivity contribution in [3.05, 3.63) is 60.7 Å². The van der Waals surface area contributed by atoms with Crippen LogP contribution in [-0.4, -0.2) is 107 Å². The molecule has 2 aromatic heterocycles. The van der Waals surface area contributed by atoms with E-state index in [0.717, 1.165) is 35.0 Å². The van der Waals surface area contributed by atoms with Gasteiger partial charge in [0.1, 0.15) is 0 Å². The molecular weight excluding hydrogens is 624 g/mol. The number of sulfone groups is 2. The van der Waals surface area contributed by atoms with Gasteiger partial charge in [-0.1, -0.05) is 46.6 Å². The van der Waals surface area contributed by atoms with Gasteiger partial charge in [-0.2, -0.15) is 9.36 Å². The number of aromatic nitrogens is 8. The van der Waals surface area contributed by atoms with Gasteiger partial charge in [0, 0.05) is 13.2 Å². The van der Waals surface area contributed by atoms with Gasteiger partial charge in [0.15, 0.2) is 0 Å². The highest BCUT2D eigenvalue weighted by molar-refractivity contribution is 7.91. The van der Waals surface area contributed by atoms with Crippen molar-refractivity contribution < 1.29 is 31.0 Å². The maximum absolute atomic E-state index is 13.7. The number of rotatable bonds is 18. The highest BCUT2D eigenvalue weighted by atomic mass is 32.2. The van der Waals surface area contributed by atoms with Crippen LogP contribution in [-0.2, 0) is 33.9 Å². The van der Waals surface area contributed by atoms with Gasteiger partial charge in [-0.15, -0.1) is 0 Å². The van der Waals surface area contributed by atoms with Crippen molar-refractivity contribution >= 4 is 19.7 Å². The summed E-state index contributed by atoms with van der Waals surface area (Å²) in [5.74, 6) is -0.262. The number of hydrogen-bond donors (Lipinski definition) is 0. The van der Waals surface area contributed by atoms with Crippen LogP contribution >= 0.6 is 0 Å². The summed E-state index contributed by atoms with van der Waals surface area (Å²) in [4.78, 5) is 0. The second kappa shape index (κ2) is 13.8. The van der Waals surface area contributed by atoms with Gasteiger partial charge in [0.25, 0.3) is 10.3 Å². The third-order valence-corrected chi connectivity index (χ3v) is 10.6. The zero-order chi connectivity index (χ0) is 31.3. The molecule has 0 saturated heterocycles. The summed E-state index contributed by atoms with van der Waals surface area (Å²) in [5.41, 5.74) is 0.939. The van der Waals surface area contributed by atoms with E-state index in [4.69, 9.17) is 14.2 Å². The molecule has 0 N–H and O–H groups in total. The highest BCUT2D eigenvalue weighted by Crippen LogP contribution is 2.30. The quantitative estimate of drug-likeness (QED) is 0.150. The molecule has 0 bridgehead atoms. The van der Waals surface area contributed by atoms with Crippen molar-refractivity contribution in [2.45, 2.75) is 48.2 Å². The molecule has 6 rings (SSSR count). The van der Waals surface area contributed by atoms with Gasteiger partial charge in [0.05, 0.1) is 48.3 Å².